The number of methoxy groups -OCH3 is 1. The van der Waals surface area contributed by atoms with Crippen molar-refractivity contribution in [3.05, 3.63) is 48.3 Å². The minimum Gasteiger partial charge on any atom is -0.481 e. The predicted molar refractivity (Wildman–Crippen MR) is 110 cm³/mol. The van der Waals surface area contributed by atoms with Gasteiger partial charge in [0.2, 0.25) is 11.8 Å². The van der Waals surface area contributed by atoms with Crippen LogP contribution in [-0.4, -0.2) is 47.3 Å². The van der Waals surface area contributed by atoms with E-state index in [2.05, 4.69) is 32.1 Å². The van der Waals surface area contributed by atoms with Gasteiger partial charge in [0, 0.05) is 37.7 Å². The summed E-state index contributed by atoms with van der Waals surface area (Å²) in [5, 5.41) is 6.16. The molecule has 150 valence electrons. The molecule has 0 bridgehead atoms. The molecular weight excluding hydrogens is 366 g/mol. The number of hydrazone groups is 1. The van der Waals surface area contributed by atoms with Gasteiger partial charge in [-0.15, -0.1) is 0 Å². The highest BCUT2D eigenvalue weighted by Crippen LogP contribution is 2.44. The van der Waals surface area contributed by atoms with Crippen LogP contribution >= 0.6 is 0 Å². The lowest BCUT2D eigenvalue weighted by molar-refractivity contribution is -0.137. The minimum atomic E-state index is 0.0362. The molecule has 1 aromatic carbocycles. The summed E-state index contributed by atoms with van der Waals surface area (Å²) >= 11 is 0. The molecule has 7 heteroatoms. The highest BCUT2D eigenvalue weighted by Gasteiger charge is 2.46. The van der Waals surface area contributed by atoms with Crippen LogP contribution < -0.4 is 9.64 Å². The van der Waals surface area contributed by atoms with Crippen LogP contribution in [0.4, 0.5) is 5.82 Å². The van der Waals surface area contributed by atoms with Crippen LogP contribution in [0, 0.1) is 17.8 Å². The van der Waals surface area contributed by atoms with Crippen molar-refractivity contribution in [3.63, 3.8) is 0 Å². The number of aromatic nitrogens is 2. The highest BCUT2D eigenvalue weighted by atomic mass is 16.5. The first-order valence-electron chi connectivity index (χ1n) is 10.2. The molecule has 2 fully saturated rings. The molecule has 1 aliphatic carbocycles. The van der Waals surface area contributed by atoms with Gasteiger partial charge in [-0.3, -0.25) is 4.79 Å². The van der Waals surface area contributed by atoms with Crippen molar-refractivity contribution in [2.45, 2.75) is 25.3 Å². The number of anilines is 1. The van der Waals surface area contributed by atoms with Crippen molar-refractivity contribution in [2.75, 3.05) is 25.1 Å². The Kier molecular flexibility index (Phi) is 4.66. The molecule has 0 radical (unpaired) electrons. The van der Waals surface area contributed by atoms with Gasteiger partial charge in [-0.2, -0.15) is 5.10 Å². The fourth-order valence-corrected chi connectivity index (χ4v) is 5.07. The zero-order valence-corrected chi connectivity index (χ0v) is 16.5. The van der Waals surface area contributed by atoms with Crippen LogP contribution in [0.15, 0.2) is 47.8 Å². The normalized spacial score (nSPS) is 28.0. The Balaban J connectivity index is 1.24. The molecule has 29 heavy (non-hydrogen) atoms. The van der Waals surface area contributed by atoms with E-state index in [9.17, 15) is 4.79 Å². The molecule has 5 rings (SSSR count). The predicted octanol–water partition coefficient (Wildman–Crippen LogP) is 2.91. The molecule has 1 amide bonds. The number of nitrogens with zero attached hydrogens (tertiary/aromatic N) is 5. The third-order valence-corrected chi connectivity index (χ3v) is 6.50. The number of fused-ring (bicyclic) bond motifs is 1. The first-order valence-corrected chi connectivity index (χ1v) is 10.2. The lowest BCUT2D eigenvalue weighted by Crippen LogP contribution is -2.33. The topological polar surface area (TPSA) is 70.9 Å². The highest BCUT2D eigenvalue weighted by molar-refractivity contribution is 5.82. The maximum absolute atomic E-state index is 13.3. The number of amides is 1. The second kappa shape index (κ2) is 7.46. The molecule has 2 aliphatic heterocycles. The minimum absolute atomic E-state index is 0.0362. The third-order valence-electron chi connectivity index (χ3n) is 6.50. The molecule has 3 aliphatic rings. The molecule has 3 unspecified atom stereocenters. The van der Waals surface area contributed by atoms with Crippen LogP contribution in [-0.2, 0) is 4.79 Å². The van der Waals surface area contributed by atoms with Gasteiger partial charge in [-0.1, -0.05) is 30.3 Å². The van der Waals surface area contributed by atoms with E-state index in [0.29, 0.717) is 17.7 Å². The molecule has 1 aromatic heterocycles. The number of hydrogen-bond acceptors (Lipinski definition) is 6. The van der Waals surface area contributed by atoms with E-state index >= 15 is 0 Å². The zero-order chi connectivity index (χ0) is 19.8. The van der Waals surface area contributed by atoms with E-state index in [1.807, 2.05) is 30.5 Å². The Morgan fingerprint density at radius 2 is 1.86 bits per heavy atom. The fraction of sp³-hybridized carbons (Fsp3) is 0.455. The van der Waals surface area contributed by atoms with Crippen LogP contribution in [0.2, 0.25) is 0 Å². The Labute approximate surface area is 170 Å². The van der Waals surface area contributed by atoms with E-state index < -0.39 is 0 Å². The molecule has 0 spiro atoms. The SMILES string of the molecule is COc1cc(N2CC3CC(C(=O)N4N=CCC4c4ccccc4)CC3C2)ncn1. The average Bonchev–Trinajstić information content (AvgIpc) is 3.48. The summed E-state index contributed by atoms with van der Waals surface area (Å²) in [6.45, 7) is 1.86. The van der Waals surface area contributed by atoms with Crippen molar-refractivity contribution < 1.29 is 9.53 Å². The maximum Gasteiger partial charge on any atom is 0.246 e. The summed E-state index contributed by atoms with van der Waals surface area (Å²) in [4.78, 5) is 24.0. The summed E-state index contributed by atoms with van der Waals surface area (Å²) in [5.41, 5.74) is 1.15. The molecule has 1 saturated heterocycles. The number of carbonyl (C=O) groups is 1. The Hall–Kier alpha value is -2.96. The molecular formula is C22H25N5O2. The first-order chi connectivity index (χ1) is 14.2. The van der Waals surface area contributed by atoms with Crippen LogP contribution in [0.5, 0.6) is 5.88 Å². The molecule has 3 atom stereocenters. The van der Waals surface area contributed by atoms with Crippen molar-refractivity contribution in [3.8, 4) is 5.88 Å². The summed E-state index contributed by atoms with van der Waals surface area (Å²) in [7, 11) is 1.62. The van der Waals surface area contributed by atoms with Crippen molar-refractivity contribution in [2.24, 2.45) is 22.9 Å². The number of rotatable bonds is 4. The van der Waals surface area contributed by atoms with Gasteiger partial charge in [-0.25, -0.2) is 15.0 Å². The molecule has 7 nitrogen and oxygen atoms in total. The third kappa shape index (κ3) is 3.34. The second-order valence-corrected chi connectivity index (χ2v) is 8.16. The monoisotopic (exact) mass is 391 g/mol. The Morgan fingerprint density at radius 1 is 1.10 bits per heavy atom. The van der Waals surface area contributed by atoms with Crippen molar-refractivity contribution >= 4 is 17.9 Å². The van der Waals surface area contributed by atoms with E-state index in [0.717, 1.165) is 43.7 Å². The van der Waals surface area contributed by atoms with E-state index in [1.165, 1.54) is 0 Å². The van der Waals surface area contributed by atoms with E-state index in [1.54, 1.807) is 18.4 Å². The number of hydrogen-bond donors (Lipinski definition) is 0. The molecule has 3 heterocycles. The quantitative estimate of drug-likeness (QED) is 0.801. The maximum atomic E-state index is 13.3. The smallest absolute Gasteiger partial charge is 0.246 e. The zero-order valence-electron chi connectivity index (χ0n) is 16.5. The average molecular weight is 391 g/mol. The lowest BCUT2D eigenvalue weighted by Gasteiger charge is -2.26. The van der Waals surface area contributed by atoms with Gasteiger partial charge < -0.3 is 9.64 Å². The largest absolute Gasteiger partial charge is 0.481 e. The van der Waals surface area contributed by atoms with E-state index in [4.69, 9.17) is 4.74 Å². The fourth-order valence-electron chi connectivity index (χ4n) is 5.07. The second-order valence-electron chi connectivity index (χ2n) is 8.16. The van der Waals surface area contributed by atoms with Gasteiger partial charge >= 0.3 is 0 Å². The molecule has 1 saturated carbocycles. The first kappa shape index (κ1) is 18.1. The van der Waals surface area contributed by atoms with E-state index in [-0.39, 0.29) is 17.9 Å². The van der Waals surface area contributed by atoms with Crippen LogP contribution in [0.25, 0.3) is 0 Å². The standard InChI is InChI=1S/C22H25N5O2/c1-29-21-11-20(23-14-24-21)26-12-17-9-16(10-18(17)13-26)22(28)27-19(7-8-25-27)15-5-3-2-4-6-15/h2-6,8,11,14,16-19H,7,9-10,12-13H2,1H3. The lowest BCUT2D eigenvalue weighted by atomic mass is 10.0. The summed E-state index contributed by atoms with van der Waals surface area (Å²) in [6.07, 6.45) is 6.06. The summed E-state index contributed by atoms with van der Waals surface area (Å²) in [6, 6.07) is 12.1. The van der Waals surface area contributed by atoms with Crippen LogP contribution in [0.1, 0.15) is 30.9 Å². The summed E-state index contributed by atoms with van der Waals surface area (Å²) in [5.74, 6) is 2.77. The summed E-state index contributed by atoms with van der Waals surface area (Å²) < 4.78 is 5.22. The Bertz CT molecular complexity index is 904. The number of carbonyl (C=O) groups excluding carboxylic acids is 1. The van der Waals surface area contributed by atoms with Crippen molar-refractivity contribution in [1.82, 2.24) is 15.0 Å². The Morgan fingerprint density at radius 3 is 2.59 bits per heavy atom. The van der Waals surface area contributed by atoms with Gasteiger partial charge in [0.25, 0.3) is 0 Å². The molecule has 0 N–H and O–H groups in total. The molecule has 2 aromatic rings. The van der Waals surface area contributed by atoms with Gasteiger partial charge in [-0.05, 0) is 30.2 Å². The van der Waals surface area contributed by atoms with Gasteiger partial charge in [0.15, 0.2) is 0 Å². The number of ether oxygens (including phenoxy) is 1. The van der Waals surface area contributed by atoms with Gasteiger partial charge in [0.1, 0.15) is 12.1 Å². The number of benzene rings is 1. The van der Waals surface area contributed by atoms with Crippen LogP contribution in [0.3, 0.4) is 0 Å². The van der Waals surface area contributed by atoms with Gasteiger partial charge in [0.05, 0.1) is 13.2 Å². The van der Waals surface area contributed by atoms with Crippen molar-refractivity contribution in [1.29, 1.82) is 0 Å².